The predicted molar refractivity (Wildman–Crippen MR) is 55.0 cm³/mol. The highest BCUT2D eigenvalue weighted by atomic mass is 16.2. The van der Waals surface area contributed by atoms with Crippen molar-refractivity contribution < 1.29 is 4.79 Å². The van der Waals surface area contributed by atoms with Crippen LogP contribution in [-0.2, 0) is 4.79 Å². The smallest absolute Gasteiger partial charge is 0.228 e. The summed E-state index contributed by atoms with van der Waals surface area (Å²) in [6.45, 7) is 6.80. The van der Waals surface area contributed by atoms with Crippen LogP contribution in [0.2, 0.25) is 0 Å². The number of rotatable bonds is 1. The van der Waals surface area contributed by atoms with Gasteiger partial charge in [0.2, 0.25) is 5.91 Å². The lowest BCUT2D eigenvalue weighted by molar-refractivity contribution is -0.141. The molecule has 2 fully saturated rings. The van der Waals surface area contributed by atoms with E-state index >= 15 is 0 Å². The minimum absolute atomic E-state index is 0.251. The molecule has 0 aromatic carbocycles. The first-order chi connectivity index (χ1) is 6.68. The van der Waals surface area contributed by atoms with E-state index in [0.717, 1.165) is 32.7 Å². The lowest BCUT2D eigenvalue weighted by Gasteiger charge is -2.41. The molecule has 0 saturated carbocycles. The first-order valence-corrected chi connectivity index (χ1v) is 5.38. The number of hydrogen-bond donors (Lipinski definition) is 1. The zero-order chi connectivity index (χ0) is 10.1. The molecule has 1 amide bonds. The molecule has 0 aromatic heterocycles. The Labute approximate surface area is 85.2 Å². The van der Waals surface area contributed by atoms with Gasteiger partial charge in [-0.1, -0.05) is 0 Å². The van der Waals surface area contributed by atoms with E-state index in [-0.39, 0.29) is 5.92 Å². The molecule has 0 aromatic rings. The molecule has 0 radical (unpaired) electrons. The lowest BCUT2D eigenvalue weighted by Crippen LogP contribution is -2.59. The molecule has 4 nitrogen and oxygen atoms in total. The molecule has 2 aliphatic rings. The summed E-state index contributed by atoms with van der Waals surface area (Å²) in [6, 6.07) is 0.377. The number of piperazine rings is 1. The van der Waals surface area contributed by atoms with E-state index in [4.69, 9.17) is 0 Å². The number of carbonyl (C=O) groups is 1. The van der Waals surface area contributed by atoms with Gasteiger partial charge >= 0.3 is 0 Å². The van der Waals surface area contributed by atoms with Crippen molar-refractivity contribution in [3.63, 3.8) is 0 Å². The van der Waals surface area contributed by atoms with Crippen molar-refractivity contribution >= 4 is 5.91 Å². The first kappa shape index (κ1) is 9.93. The molecule has 2 aliphatic heterocycles. The van der Waals surface area contributed by atoms with Gasteiger partial charge in [-0.2, -0.15) is 0 Å². The third-order valence-corrected chi connectivity index (χ3v) is 3.24. The largest absolute Gasteiger partial charge is 0.337 e. The van der Waals surface area contributed by atoms with E-state index < -0.39 is 0 Å². The van der Waals surface area contributed by atoms with Crippen molar-refractivity contribution in [2.45, 2.75) is 13.0 Å². The van der Waals surface area contributed by atoms with E-state index in [1.165, 1.54) is 0 Å². The third-order valence-electron chi connectivity index (χ3n) is 3.24. The highest BCUT2D eigenvalue weighted by molar-refractivity contribution is 5.80. The number of carbonyl (C=O) groups excluding carboxylic acids is 1. The second kappa shape index (κ2) is 3.87. The number of hydrogen-bond acceptors (Lipinski definition) is 3. The van der Waals surface area contributed by atoms with Gasteiger partial charge in [0.25, 0.3) is 0 Å². The Balaban J connectivity index is 1.92. The maximum absolute atomic E-state index is 12.0. The summed E-state index contributed by atoms with van der Waals surface area (Å²) in [4.78, 5) is 16.3. The van der Waals surface area contributed by atoms with Crippen LogP contribution in [0.4, 0.5) is 0 Å². The fourth-order valence-electron chi connectivity index (χ4n) is 2.16. The van der Waals surface area contributed by atoms with E-state index in [9.17, 15) is 4.79 Å². The molecular formula is C10H19N3O. The van der Waals surface area contributed by atoms with Crippen molar-refractivity contribution in [3.05, 3.63) is 0 Å². The average Bonchev–Trinajstić information content (AvgIpc) is 2.00. The normalized spacial score (nSPS) is 30.1. The molecular weight excluding hydrogens is 178 g/mol. The first-order valence-electron chi connectivity index (χ1n) is 5.38. The molecule has 2 heterocycles. The Morgan fingerprint density at radius 1 is 1.36 bits per heavy atom. The van der Waals surface area contributed by atoms with Gasteiger partial charge in [-0.25, -0.2) is 0 Å². The molecule has 1 atom stereocenters. The van der Waals surface area contributed by atoms with Crippen molar-refractivity contribution in [1.82, 2.24) is 15.1 Å². The van der Waals surface area contributed by atoms with Crippen molar-refractivity contribution in [2.24, 2.45) is 5.92 Å². The van der Waals surface area contributed by atoms with Gasteiger partial charge in [-0.05, 0) is 14.0 Å². The van der Waals surface area contributed by atoms with Crippen LogP contribution in [-0.4, -0.2) is 61.5 Å². The second-order valence-corrected chi connectivity index (χ2v) is 4.50. The Kier molecular flexibility index (Phi) is 2.74. The van der Waals surface area contributed by atoms with Crippen LogP contribution in [0.15, 0.2) is 0 Å². The van der Waals surface area contributed by atoms with Crippen LogP contribution in [0.1, 0.15) is 6.92 Å². The monoisotopic (exact) mass is 197 g/mol. The van der Waals surface area contributed by atoms with Crippen LogP contribution < -0.4 is 5.32 Å². The van der Waals surface area contributed by atoms with Crippen LogP contribution in [0.3, 0.4) is 0 Å². The Morgan fingerprint density at radius 2 is 2.07 bits per heavy atom. The molecule has 0 spiro atoms. The van der Waals surface area contributed by atoms with Gasteiger partial charge in [-0.3, -0.25) is 4.79 Å². The second-order valence-electron chi connectivity index (χ2n) is 4.50. The van der Waals surface area contributed by atoms with Crippen LogP contribution in [0, 0.1) is 5.92 Å². The molecule has 80 valence electrons. The molecule has 0 aliphatic carbocycles. The molecule has 2 rings (SSSR count). The molecule has 0 bridgehead atoms. The summed E-state index contributed by atoms with van der Waals surface area (Å²) in [5.74, 6) is 0.602. The number of nitrogens with zero attached hydrogens (tertiary/aromatic N) is 2. The molecule has 1 N–H and O–H groups in total. The molecule has 1 unspecified atom stereocenters. The van der Waals surface area contributed by atoms with Gasteiger partial charge in [0.05, 0.1) is 5.92 Å². The number of amides is 1. The Morgan fingerprint density at radius 3 is 2.57 bits per heavy atom. The van der Waals surface area contributed by atoms with Crippen LogP contribution in [0.25, 0.3) is 0 Å². The molecule has 4 heteroatoms. The van der Waals surface area contributed by atoms with Crippen molar-refractivity contribution in [1.29, 1.82) is 0 Å². The topological polar surface area (TPSA) is 35.6 Å². The van der Waals surface area contributed by atoms with Gasteiger partial charge in [0, 0.05) is 38.8 Å². The standard InChI is InChI=1S/C10H19N3O/c1-8-7-12(2)3-4-13(8)10(14)9-5-11-6-9/h8-9,11H,3-7H2,1-2H3. The van der Waals surface area contributed by atoms with Crippen molar-refractivity contribution in [3.8, 4) is 0 Å². The van der Waals surface area contributed by atoms with Gasteiger partial charge in [-0.15, -0.1) is 0 Å². The van der Waals surface area contributed by atoms with Crippen LogP contribution >= 0.6 is 0 Å². The molecule has 2 saturated heterocycles. The Hall–Kier alpha value is -0.610. The van der Waals surface area contributed by atoms with Gasteiger partial charge in [0.1, 0.15) is 0 Å². The third kappa shape index (κ3) is 1.77. The zero-order valence-electron chi connectivity index (χ0n) is 8.99. The van der Waals surface area contributed by atoms with Crippen LogP contribution in [0.5, 0.6) is 0 Å². The van der Waals surface area contributed by atoms with Crippen molar-refractivity contribution in [2.75, 3.05) is 39.8 Å². The summed E-state index contributed by atoms with van der Waals surface area (Å²) in [7, 11) is 2.11. The van der Waals surface area contributed by atoms with Gasteiger partial charge in [0.15, 0.2) is 0 Å². The van der Waals surface area contributed by atoms with Gasteiger partial charge < -0.3 is 15.1 Å². The van der Waals surface area contributed by atoms with E-state index in [0.29, 0.717) is 11.9 Å². The number of likely N-dealkylation sites (N-methyl/N-ethyl adjacent to an activating group) is 1. The van der Waals surface area contributed by atoms with E-state index in [1.54, 1.807) is 0 Å². The molecule has 14 heavy (non-hydrogen) atoms. The maximum Gasteiger partial charge on any atom is 0.228 e. The summed E-state index contributed by atoms with van der Waals surface area (Å²) < 4.78 is 0. The summed E-state index contributed by atoms with van der Waals surface area (Å²) in [5.41, 5.74) is 0. The predicted octanol–water partition coefficient (Wildman–Crippen LogP) is -0.632. The minimum Gasteiger partial charge on any atom is -0.337 e. The SMILES string of the molecule is CC1CN(C)CCN1C(=O)C1CNC1. The minimum atomic E-state index is 0.251. The maximum atomic E-state index is 12.0. The summed E-state index contributed by atoms with van der Waals surface area (Å²) in [6.07, 6.45) is 0. The average molecular weight is 197 g/mol. The summed E-state index contributed by atoms with van der Waals surface area (Å²) >= 11 is 0. The quantitative estimate of drug-likeness (QED) is 0.608. The highest BCUT2D eigenvalue weighted by Gasteiger charge is 2.33. The Bertz CT molecular complexity index is 227. The summed E-state index contributed by atoms with van der Waals surface area (Å²) in [5, 5.41) is 3.15. The fraction of sp³-hybridized carbons (Fsp3) is 0.900. The zero-order valence-corrected chi connectivity index (χ0v) is 8.99. The fourth-order valence-corrected chi connectivity index (χ4v) is 2.16. The lowest BCUT2D eigenvalue weighted by atomic mass is 10.00. The van der Waals surface area contributed by atoms with E-state index in [1.807, 2.05) is 4.90 Å². The highest BCUT2D eigenvalue weighted by Crippen LogP contribution is 2.14. The number of nitrogens with one attached hydrogen (secondary N) is 1. The van der Waals surface area contributed by atoms with E-state index in [2.05, 4.69) is 24.2 Å².